The van der Waals surface area contributed by atoms with Gasteiger partial charge < -0.3 is 19.8 Å². The van der Waals surface area contributed by atoms with Crippen LogP contribution in [0.5, 0.6) is 0 Å². The molecule has 0 spiro atoms. The molecular formula is C59H116N2O6P+. The van der Waals surface area contributed by atoms with E-state index in [1.54, 1.807) is 6.08 Å². The largest absolute Gasteiger partial charge is 0.472 e. The van der Waals surface area contributed by atoms with Crippen LogP contribution in [0.15, 0.2) is 36.5 Å². The van der Waals surface area contributed by atoms with Gasteiger partial charge in [-0.2, -0.15) is 0 Å². The Hall–Kier alpha value is -1.28. The van der Waals surface area contributed by atoms with Gasteiger partial charge in [-0.05, 0) is 57.8 Å². The molecule has 3 N–H and O–H groups in total. The highest BCUT2D eigenvalue weighted by molar-refractivity contribution is 7.47. The number of quaternary nitrogens is 1. The number of phosphoric ester groups is 1. The molecule has 0 aliphatic rings. The number of likely N-dealkylation sites (N-methyl/N-ethyl adjacent to an activating group) is 1. The lowest BCUT2D eigenvalue weighted by molar-refractivity contribution is -0.870. The molecule has 0 aliphatic carbocycles. The molecule has 0 fully saturated rings. The first-order chi connectivity index (χ1) is 33.0. The zero-order valence-corrected chi connectivity index (χ0v) is 46.8. The summed E-state index contributed by atoms with van der Waals surface area (Å²) in [5, 5.41) is 13.9. The second kappa shape index (κ2) is 50.7. The van der Waals surface area contributed by atoms with E-state index in [4.69, 9.17) is 9.05 Å². The second-order valence-electron chi connectivity index (χ2n) is 21.4. The molecule has 0 aromatic carbocycles. The fourth-order valence-corrected chi connectivity index (χ4v) is 9.44. The van der Waals surface area contributed by atoms with E-state index in [-0.39, 0.29) is 19.1 Å². The van der Waals surface area contributed by atoms with E-state index >= 15 is 0 Å². The van der Waals surface area contributed by atoms with Gasteiger partial charge in [-0.25, -0.2) is 4.57 Å². The molecule has 3 unspecified atom stereocenters. The first-order valence-corrected chi connectivity index (χ1v) is 30.9. The first kappa shape index (κ1) is 66.7. The maximum atomic E-state index is 13.0. The van der Waals surface area contributed by atoms with Crippen molar-refractivity contribution in [3.05, 3.63) is 36.5 Å². The van der Waals surface area contributed by atoms with Crippen LogP contribution >= 0.6 is 7.82 Å². The molecule has 0 heterocycles. The highest BCUT2D eigenvalue weighted by Gasteiger charge is 2.27. The molecule has 9 heteroatoms. The van der Waals surface area contributed by atoms with Crippen molar-refractivity contribution in [1.29, 1.82) is 0 Å². The van der Waals surface area contributed by atoms with E-state index in [0.29, 0.717) is 17.4 Å². The average Bonchev–Trinajstić information content (AvgIpc) is 3.30. The number of hydrogen-bond acceptors (Lipinski definition) is 5. The molecule has 3 atom stereocenters. The Kier molecular flexibility index (Phi) is 49.7. The van der Waals surface area contributed by atoms with Gasteiger partial charge in [-0.3, -0.25) is 13.8 Å². The number of phosphoric acid groups is 1. The van der Waals surface area contributed by atoms with Crippen LogP contribution in [0.2, 0.25) is 0 Å². The molecule has 1 amide bonds. The number of allylic oxidation sites excluding steroid dienone is 5. The maximum Gasteiger partial charge on any atom is 0.472 e. The lowest BCUT2D eigenvalue weighted by atomic mass is 10.0. The quantitative estimate of drug-likeness (QED) is 0.0243. The third-order valence-corrected chi connectivity index (χ3v) is 14.3. The lowest BCUT2D eigenvalue weighted by Crippen LogP contribution is -2.45. The van der Waals surface area contributed by atoms with Crippen molar-refractivity contribution in [3.63, 3.8) is 0 Å². The summed E-state index contributed by atoms with van der Waals surface area (Å²) in [6, 6.07) is -0.866. The van der Waals surface area contributed by atoms with Crippen LogP contribution < -0.4 is 5.32 Å². The normalized spacial score (nSPS) is 14.2. The van der Waals surface area contributed by atoms with Crippen molar-refractivity contribution >= 4 is 13.7 Å². The Morgan fingerprint density at radius 1 is 0.485 bits per heavy atom. The van der Waals surface area contributed by atoms with Gasteiger partial charge in [0.15, 0.2) is 0 Å². The molecule has 8 nitrogen and oxygen atoms in total. The maximum absolute atomic E-state index is 13.0. The molecule has 0 aromatic heterocycles. The van der Waals surface area contributed by atoms with Gasteiger partial charge in [0.05, 0.1) is 39.9 Å². The monoisotopic (exact) mass is 980 g/mol. The number of aliphatic hydroxyl groups is 1. The Morgan fingerprint density at radius 2 is 0.809 bits per heavy atom. The Balaban J connectivity index is 4.25. The highest BCUT2D eigenvalue weighted by atomic mass is 31.2. The summed E-state index contributed by atoms with van der Waals surface area (Å²) in [6.45, 7) is 4.83. The third kappa shape index (κ3) is 52.5. The number of amides is 1. The van der Waals surface area contributed by atoms with Crippen LogP contribution in [0.3, 0.4) is 0 Å². The van der Waals surface area contributed by atoms with Crippen LogP contribution in [-0.4, -0.2) is 73.4 Å². The molecule has 0 aliphatic heterocycles. The SMILES string of the molecule is CCCCCCCCCCCCC/C=C\CCCCCCCCCC(=O)NC(COP(=O)(O)OCC[N+](C)(C)C)C(O)/C=C/CC/C=C/CCCCCCCCCCCCCCCCCCCC. The standard InChI is InChI=1S/C59H115N2O6P/c1-6-8-10-12-14-16-18-20-22-24-26-28-30-31-32-34-36-38-40-42-44-46-48-50-52-58(62)57(56-67-68(64,65)66-55-54-61(3,4)5)60-59(63)53-51-49-47-45-43-41-39-37-35-33-29-27-25-23-21-19-17-15-13-11-9-7-2/h33,35,42,44,50,52,57-58,62H,6-32,34,36-41,43,45-49,51,53-56H2,1-5H3,(H-,60,63,64,65)/p+1/b35-33-,44-42+,52-50+. The van der Waals surface area contributed by atoms with E-state index < -0.39 is 20.0 Å². The molecule has 0 aromatic rings. The van der Waals surface area contributed by atoms with Crippen LogP contribution in [0.25, 0.3) is 0 Å². The van der Waals surface area contributed by atoms with E-state index in [1.165, 1.54) is 225 Å². The number of nitrogens with zero attached hydrogens (tertiary/aromatic N) is 1. The fourth-order valence-electron chi connectivity index (χ4n) is 8.70. The summed E-state index contributed by atoms with van der Waals surface area (Å²) < 4.78 is 23.7. The molecule has 0 bridgehead atoms. The Bertz CT molecular complexity index is 1200. The van der Waals surface area contributed by atoms with Gasteiger partial charge >= 0.3 is 7.82 Å². The smallest absolute Gasteiger partial charge is 0.387 e. The van der Waals surface area contributed by atoms with Gasteiger partial charge in [-0.15, -0.1) is 0 Å². The highest BCUT2D eigenvalue weighted by Crippen LogP contribution is 2.43. The third-order valence-electron chi connectivity index (χ3n) is 13.3. The molecular weight excluding hydrogens is 864 g/mol. The first-order valence-electron chi connectivity index (χ1n) is 29.4. The number of carbonyl (C=O) groups is 1. The van der Waals surface area contributed by atoms with Crippen molar-refractivity contribution < 1.29 is 32.9 Å². The minimum Gasteiger partial charge on any atom is -0.387 e. The summed E-state index contributed by atoms with van der Waals surface area (Å²) >= 11 is 0. The van der Waals surface area contributed by atoms with Crippen molar-refractivity contribution in [1.82, 2.24) is 5.32 Å². The molecule has 0 saturated heterocycles. The topological polar surface area (TPSA) is 105 Å². The van der Waals surface area contributed by atoms with Gasteiger partial charge in [0.2, 0.25) is 5.91 Å². The molecule has 0 saturated carbocycles. The minimum absolute atomic E-state index is 0.0559. The average molecular weight is 981 g/mol. The lowest BCUT2D eigenvalue weighted by Gasteiger charge is -2.25. The van der Waals surface area contributed by atoms with Crippen molar-refractivity contribution in [2.24, 2.45) is 0 Å². The van der Waals surface area contributed by atoms with Crippen molar-refractivity contribution in [3.8, 4) is 0 Å². The zero-order valence-electron chi connectivity index (χ0n) is 45.9. The molecule has 68 heavy (non-hydrogen) atoms. The van der Waals surface area contributed by atoms with Crippen LogP contribution in [0.1, 0.15) is 284 Å². The Morgan fingerprint density at radius 3 is 1.18 bits per heavy atom. The number of aliphatic hydroxyl groups excluding tert-OH is 1. The van der Waals surface area contributed by atoms with E-state index in [9.17, 15) is 19.4 Å². The van der Waals surface area contributed by atoms with E-state index in [2.05, 4.69) is 43.5 Å². The number of carbonyl (C=O) groups excluding carboxylic acids is 1. The number of unbranched alkanes of at least 4 members (excludes halogenated alkanes) is 37. The zero-order chi connectivity index (χ0) is 49.9. The van der Waals surface area contributed by atoms with Crippen LogP contribution in [0.4, 0.5) is 0 Å². The summed E-state index contributed by atoms with van der Waals surface area (Å²) in [4.78, 5) is 23.3. The number of nitrogens with one attached hydrogen (secondary N) is 1. The Labute approximate surface area is 423 Å². The number of hydrogen-bond donors (Lipinski definition) is 3. The van der Waals surface area contributed by atoms with Crippen LogP contribution in [-0.2, 0) is 18.4 Å². The fraction of sp³-hybridized carbons (Fsp3) is 0.881. The van der Waals surface area contributed by atoms with Crippen LogP contribution in [0, 0.1) is 0 Å². The van der Waals surface area contributed by atoms with Gasteiger partial charge in [0, 0.05) is 6.42 Å². The van der Waals surface area contributed by atoms with Gasteiger partial charge in [0.1, 0.15) is 13.2 Å². The second-order valence-corrected chi connectivity index (χ2v) is 22.8. The minimum atomic E-state index is -4.36. The van der Waals surface area contributed by atoms with E-state index in [0.717, 1.165) is 38.5 Å². The molecule has 402 valence electrons. The van der Waals surface area contributed by atoms with Crippen molar-refractivity contribution in [2.45, 2.75) is 296 Å². The summed E-state index contributed by atoms with van der Waals surface area (Å²) in [6.07, 6.45) is 65.4. The number of rotatable bonds is 54. The summed E-state index contributed by atoms with van der Waals surface area (Å²) in [5.74, 6) is -0.188. The predicted octanol–water partition coefficient (Wildman–Crippen LogP) is 17.8. The molecule has 0 rings (SSSR count). The van der Waals surface area contributed by atoms with Crippen molar-refractivity contribution in [2.75, 3.05) is 40.9 Å². The van der Waals surface area contributed by atoms with Gasteiger partial charge in [0.25, 0.3) is 0 Å². The van der Waals surface area contributed by atoms with Gasteiger partial charge in [-0.1, -0.05) is 256 Å². The predicted molar refractivity (Wildman–Crippen MR) is 295 cm³/mol. The van der Waals surface area contributed by atoms with E-state index in [1.807, 2.05) is 27.2 Å². The molecule has 0 radical (unpaired) electrons. The summed E-state index contributed by atoms with van der Waals surface area (Å²) in [5.41, 5.74) is 0. The summed E-state index contributed by atoms with van der Waals surface area (Å²) in [7, 11) is 1.56.